The molecule has 0 aliphatic rings. The van der Waals surface area contributed by atoms with Crippen LogP contribution in [-0.4, -0.2) is 20.2 Å². The van der Waals surface area contributed by atoms with Gasteiger partial charge in [0.05, 0.1) is 14.1 Å². The van der Waals surface area contributed by atoms with Crippen LogP contribution in [0.5, 0.6) is 0 Å². The Kier molecular flexibility index (Phi) is 13.1. The summed E-state index contributed by atoms with van der Waals surface area (Å²) in [7, 11) is 4.51. The van der Waals surface area contributed by atoms with E-state index in [9.17, 15) is 52.7 Å². The van der Waals surface area contributed by atoms with E-state index in [1.54, 1.807) is 0 Å². The molecule has 6 aromatic rings. The summed E-state index contributed by atoms with van der Waals surface area (Å²) in [5.41, 5.74) is -8.85. The van der Waals surface area contributed by atoms with Crippen LogP contribution in [0.4, 0.5) is 93.5 Å². The van der Waals surface area contributed by atoms with Gasteiger partial charge < -0.3 is 0 Å². The number of hydrogen-bond acceptors (Lipinski definition) is 0. The Morgan fingerprint density at radius 3 is 0.841 bits per heavy atom. The maximum atomic E-state index is 15.4. The van der Waals surface area contributed by atoms with Crippen LogP contribution in [0.25, 0.3) is 0 Å². The van der Waals surface area contributed by atoms with Crippen LogP contribution in [-0.2, 0) is 6.54 Å². The summed E-state index contributed by atoms with van der Waals surface area (Å²) in [5.74, 6) is -71.4. The van der Waals surface area contributed by atoms with Crippen LogP contribution in [0, 0.1) is 130 Å². The molecule has 0 saturated heterocycles. The number of quaternary nitrogens is 1. The Labute approximate surface area is 341 Å². The molecule has 0 unspecified atom stereocenters. The van der Waals surface area contributed by atoms with Gasteiger partial charge in [-0.1, -0.05) is 36.4 Å². The van der Waals surface area contributed by atoms with Crippen molar-refractivity contribution in [2.24, 2.45) is 0 Å². The zero-order valence-electron chi connectivity index (χ0n) is 31.9. The molecule has 0 atom stereocenters. The standard InChI is InChI=1S/C24BF20.C17H22N/c26-5-1(6(27)14(35)21(42)13(5)34)25(2-7(28)15(36)22(43)16(37)8(2)29,3-9(30)17(38)23(44)18(39)10(3)31)4-11(32)19(40)24(45)20(41)12(4)33;1-14-10-11-16(12-15(14)2)13-18(3,4)17-8-6-5-7-9-17/h;5-12H,13H2,1-4H3/q-1;+1. The van der Waals surface area contributed by atoms with Crippen LogP contribution in [0.2, 0.25) is 0 Å². The summed E-state index contributed by atoms with van der Waals surface area (Å²) in [4.78, 5) is 0. The molecule has 0 saturated carbocycles. The van der Waals surface area contributed by atoms with Gasteiger partial charge in [0.25, 0.3) is 0 Å². The van der Waals surface area contributed by atoms with Crippen molar-refractivity contribution in [2.75, 3.05) is 14.1 Å². The lowest BCUT2D eigenvalue weighted by molar-refractivity contribution is 0.378. The molecule has 1 nitrogen and oxygen atoms in total. The molecule has 6 rings (SSSR count). The molecule has 0 aliphatic carbocycles. The third-order valence-electron chi connectivity index (χ3n) is 10.3. The quantitative estimate of drug-likeness (QED) is 0.0492. The van der Waals surface area contributed by atoms with E-state index < -0.39 is 144 Å². The van der Waals surface area contributed by atoms with E-state index in [0.29, 0.717) is 0 Å². The Bertz CT molecular complexity index is 2430. The topological polar surface area (TPSA) is 0 Å². The first-order valence-corrected chi connectivity index (χ1v) is 17.4. The summed E-state index contributed by atoms with van der Waals surface area (Å²) in [6.07, 6.45) is -7.22. The van der Waals surface area contributed by atoms with Crippen LogP contribution in [0.1, 0.15) is 16.7 Å². The second-order valence-electron chi connectivity index (χ2n) is 14.4. The molecule has 22 heteroatoms. The number of aryl methyl sites for hydroxylation is 2. The van der Waals surface area contributed by atoms with Crippen molar-refractivity contribution in [3.8, 4) is 0 Å². The van der Waals surface area contributed by atoms with Crippen LogP contribution < -0.4 is 26.3 Å². The smallest absolute Gasteiger partial charge is 0.200 e. The highest BCUT2D eigenvalue weighted by atomic mass is 19.2. The molecule has 334 valence electrons. The van der Waals surface area contributed by atoms with Gasteiger partial charge in [-0.25, -0.2) is 87.8 Å². The van der Waals surface area contributed by atoms with E-state index in [0.717, 1.165) is 11.0 Å². The van der Waals surface area contributed by atoms with Crippen LogP contribution >= 0.6 is 0 Å². The zero-order valence-corrected chi connectivity index (χ0v) is 31.9. The van der Waals surface area contributed by atoms with Crippen molar-refractivity contribution in [1.82, 2.24) is 4.48 Å². The van der Waals surface area contributed by atoms with Gasteiger partial charge in [0.1, 0.15) is 64.9 Å². The second kappa shape index (κ2) is 17.3. The Morgan fingerprint density at radius 1 is 0.333 bits per heavy atom. The maximum Gasteiger partial charge on any atom is 0.200 e. The fourth-order valence-electron chi connectivity index (χ4n) is 7.16. The van der Waals surface area contributed by atoms with Crippen molar-refractivity contribution in [3.05, 3.63) is 182 Å². The van der Waals surface area contributed by atoms with Crippen molar-refractivity contribution >= 4 is 33.7 Å². The first kappa shape index (κ1) is 48.0. The summed E-state index contributed by atoms with van der Waals surface area (Å²) in [5, 5.41) is 0. The number of nitrogens with zero attached hydrogens (tertiary/aromatic N) is 1. The van der Waals surface area contributed by atoms with E-state index in [1.165, 1.54) is 22.4 Å². The maximum absolute atomic E-state index is 15.4. The Balaban J connectivity index is 0.000000345. The van der Waals surface area contributed by atoms with Gasteiger partial charge in [-0.3, -0.25) is 4.48 Å². The lowest BCUT2D eigenvalue weighted by atomic mass is 9.12. The lowest BCUT2D eigenvalue weighted by Crippen LogP contribution is -2.81. The lowest BCUT2D eigenvalue weighted by Gasteiger charge is -2.44. The van der Waals surface area contributed by atoms with Gasteiger partial charge in [-0.05, 0) is 37.1 Å². The third-order valence-corrected chi connectivity index (χ3v) is 10.3. The van der Waals surface area contributed by atoms with E-state index in [2.05, 4.69) is 76.5 Å². The fourth-order valence-corrected chi connectivity index (χ4v) is 7.16. The zero-order chi connectivity index (χ0) is 47.5. The molecular weight excluding hydrogens is 897 g/mol. The predicted molar refractivity (Wildman–Crippen MR) is 189 cm³/mol. The van der Waals surface area contributed by atoms with Gasteiger partial charge in [0.2, 0.25) is 0 Å². The normalized spacial score (nSPS) is 11.9. The van der Waals surface area contributed by atoms with Gasteiger partial charge in [0.15, 0.2) is 69.8 Å². The number of hydrogen-bond donors (Lipinski definition) is 0. The fraction of sp³-hybridized carbons (Fsp3) is 0.122. The van der Waals surface area contributed by atoms with Crippen molar-refractivity contribution in [1.29, 1.82) is 0 Å². The number of para-hydroxylation sites is 1. The molecule has 0 amide bonds. The minimum absolute atomic E-state index is 0.878. The first-order valence-electron chi connectivity index (χ1n) is 17.4. The Morgan fingerprint density at radius 2 is 0.587 bits per heavy atom. The van der Waals surface area contributed by atoms with Crippen molar-refractivity contribution in [2.45, 2.75) is 20.4 Å². The molecular formula is C41H22BF20N. The van der Waals surface area contributed by atoms with E-state index in [4.69, 9.17) is 0 Å². The van der Waals surface area contributed by atoms with Gasteiger partial charge in [-0.2, -0.15) is 0 Å². The molecule has 0 bridgehead atoms. The van der Waals surface area contributed by atoms with Gasteiger partial charge in [0, 0.05) is 5.56 Å². The molecule has 63 heavy (non-hydrogen) atoms. The second-order valence-corrected chi connectivity index (χ2v) is 14.4. The molecule has 0 aromatic heterocycles. The average Bonchev–Trinajstić information content (AvgIpc) is 3.25. The molecule has 0 radical (unpaired) electrons. The average molecular weight is 919 g/mol. The third kappa shape index (κ3) is 7.64. The molecule has 6 aromatic carbocycles. The Hall–Kier alpha value is -6.06. The van der Waals surface area contributed by atoms with Crippen LogP contribution in [0.3, 0.4) is 0 Å². The first-order chi connectivity index (χ1) is 29.2. The molecule has 0 spiro atoms. The summed E-state index contributed by atoms with van der Waals surface area (Å²) < 4.78 is 295. The SMILES string of the molecule is Cc1ccc(C[N+](C)(C)c2ccccc2)cc1C.Fc1c(F)c(F)c([B-](c2c(F)c(F)c(F)c(F)c2F)(c2c(F)c(F)c(F)c(F)c2F)c2c(F)c(F)c(F)c(F)c2F)c(F)c1F. The highest BCUT2D eigenvalue weighted by Gasteiger charge is 2.52. The summed E-state index contributed by atoms with van der Waals surface area (Å²) in [6.45, 7) is 5.36. The van der Waals surface area contributed by atoms with E-state index in [1.807, 2.05) is 0 Å². The minimum Gasteiger partial charge on any atom is -0.292 e. The predicted octanol–water partition coefficient (Wildman–Crippen LogP) is 9.92. The van der Waals surface area contributed by atoms with Gasteiger partial charge >= 0.3 is 0 Å². The largest absolute Gasteiger partial charge is 0.292 e. The number of benzene rings is 6. The van der Waals surface area contributed by atoms with Crippen LogP contribution in [0.15, 0.2) is 48.5 Å². The number of halogens is 20. The summed E-state index contributed by atoms with van der Waals surface area (Å²) in [6, 6.07) is 17.4. The molecule has 0 heterocycles. The molecule has 0 fully saturated rings. The molecule has 0 N–H and O–H groups in total. The highest BCUT2D eigenvalue weighted by Crippen LogP contribution is 2.31. The monoisotopic (exact) mass is 919 g/mol. The summed E-state index contributed by atoms with van der Waals surface area (Å²) >= 11 is 0. The van der Waals surface area contributed by atoms with Gasteiger partial charge in [-0.15, -0.1) is 21.9 Å². The molecule has 0 aliphatic heterocycles. The van der Waals surface area contributed by atoms with Crippen molar-refractivity contribution in [3.63, 3.8) is 0 Å². The van der Waals surface area contributed by atoms with E-state index in [-0.39, 0.29) is 0 Å². The van der Waals surface area contributed by atoms with E-state index >= 15 is 35.1 Å². The minimum atomic E-state index is -7.22. The van der Waals surface area contributed by atoms with Crippen molar-refractivity contribution < 1.29 is 87.8 Å². The highest BCUT2D eigenvalue weighted by molar-refractivity contribution is 7.20. The number of rotatable bonds is 7.